The van der Waals surface area contributed by atoms with E-state index in [0.717, 1.165) is 5.44 Å². The quantitative estimate of drug-likeness (QED) is 0.466. The normalized spacial score (nSPS) is 11.0. The van der Waals surface area contributed by atoms with Crippen LogP contribution in [-0.2, 0) is 24.1 Å². The van der Waals surface area contributed by atoms with Gasteiger partial charge in [-0.25, -0.2) is 4.98 Å². The van der Waals surface area contributed by atoms with Crippen LogP contribution >= 0.6 is 5.90 Å². The van der Waals surface area contributed by atoms with E-state index in [9.17, 15) is 0 Å². The predicted octanol–water partition coefficient (Wildman–Crippen LogP) is 1.11. The molecule has 0 fully saturated rings. The van der Waals surface area contributed by atoms with Gasteiger partial charge in [0, 0.05) is 12.3 Å². The lowest BCUT2D eigenvalue weighted by Crippen LogP contribution is -1.97. The average Bonchev–Trinajstić information content (AvgIpc) is 1.90. The number of aromatic nitrogens is 1. The summed E-state index contributed by atoms with van der Waals surface area (Å²) in [5, 5.41) is 0. The van der Waals surface area contributed by atoms with Crippen molar-refractivity contribution in [2.45, 2.75) is 0 Å². The third-order valence-electron chi connectivity index (χ3n) is 0.836. The van der Waals surface area contributed by atoms with Gasteiger partial charge >= 0.3 is 0 Å². The minimum absolute atomic E-state index is 0.840. The van der Waals surface area contributed by atoms with E-state index >= 15 is 0 Å². The third kappa shape index (κ3) is 2.01. The molecule has 0 aromatic carbocycles. The summed E-state index contributed by atoms with van der Waals surface area (Å²) in [4.78, 5) is 4.00. The van der Waals surface area contributed by atoms with Gasteiger partial charge in [0.05, 0.1) is 5.90 Å². The molecule has 0 aliphatic heterocycles. The van der Waals surface area contributed by atoms with Crippen LogP contribution in [0.25, 0.3) is 0 Å². The van der Waals surface area contributed by atoms with E-state index < -0.39 is 5.90 Å². The van der Waals surface area contributed by atoms with Gasteiger partial charge in [0.1, 0.15) is 11.8 Å². The van der Waals surface area contributed by atoms with Crippen molar-refractivity contribution in [1.82, 2.24) is 4.98 Å². The molecule has 0 N–H and O–H groups in total. The molecule has 46 valence electrons. The summed E-state index contributed by atoms with van der Waals surface area (Å²) < 4.78 is 0. The molecule has 0 saturated heterocycles. The SMILES string of the molecule is S=[P+]([S-])c1ccccn1. The number of pyridine rings is 1. The molecule has 4 heteroatoms. The molecule has 1 rings (SSSR count). The van der Waals surface area contributed by atoms with E-state index in [1.54, 1.807) is 6.20 Å². The number of nitrogens with zero attached hydrogens (tertiary/aromatic N) is 1. The molecule has 1 aromatic heterocycles. The molecule has 0 spiro atoms. The largest absolute Gasteiger partial charge is 0.471 e. The predicted molar refractivity (Wildman–Crippen MR) is 45.5 cm³/mol. The highest BCUT2D eigenvalue weighted by molar-refractivity contribution is 8.49. The highest BCUT2D eigenvalue weighted by atomic mass is 32.9. The Labute approximate surface area is 65.1 Å². The highest BCUT2D eigenvalue weighted by Gasteiger charge is 1.96. The maximum Gasteiger partial charge on any atom is 0.228 e. The highest BCUT2D eigenvalue weighted by Crippen LogP contribution is 2.12. The summed E-state index contributed by atoms with van der Waals surface area (Å²) in [7, 11) is 0. The van der Waals surface area contributed by atoms with Gasteiger partial charge in [0.25, 0.3) is 0 Å². The Morgan fingerprint density at radius 3 is 2.67 bits per heavy atom. The monoisotopic (exact) mass is 173 g/mol. The molecule has 1 atom stereocenters. The Balaban J connectivity index is 2.98. The second-order valence-corrected chi connectivity index (χ2v) is 5.30. The van der Waals surface area contributed by atoms with Gasteiger partial charge in [0.15, 0.2) is 0 Å². The zero-order valence-corrected chi connectivity index (χ0v) is 7.05. The second-order valence-electron chi connectivity index (χ2n) is 1.45. The minimum atomic E-state index is -0.840. The van der Waals surface area contributed by atoms with Crippen molar-refractivity contribution in [3.63, 3.8) is 0 Å². The van der Waals surface area contributed by atoms with Crippen LogP contribution in [0.4, 0.5) is 0 Å². The maximum absolute atomic E-state index is 4.86. The first-order valence-electron chi connectivity index (χ1n) is 2.36. The summed E-state index contributed by atoms with van der Waals surface area (Å²) in [5.41, 5.74) is 0.859. The molecule has 0 aliphatic rings. The van der Waals surface area contributed by atoms with Crippen LogP contribution in [0.15, 0.2) is 24.4 Å². The molecular weight excluding hydrogens is 169 g/mol. The zero-order chi connectivity index (χ0) is 6.69. The topological polar surface area (TPSA) is 12.9 Å². The lowest BCUT2D eigenvalue weighted by atomic mass is 10.5. The Hall–Kier alpha value is 0.0200. The van der Waals surface area contributed by atoms with Crippen LogP contribution < -0.4 is 5.44 Å². The molecule has 1 heterocycles. The van der Waals surface area contributed by atoms with Gasteiger partial charge in [-0.05, 0) is 6.07 Å². The van der Waals surface area contributed by atoms with E-state index in [0.29, 0.717) is 0 Å². The standard InChI is InChI=1S/C5H4NPS2/c8-7(9)5-3-1-2-4-6-5/h1-4H. The molecule has 9 heavy (non-hydrogen) atoms. The van der Waals surface area contributed by atoms with E-state index in [4.69, 9.17) is 24.1 Å². The van der Waals surface area contributed by atoms with Crippen LogP contribution in [0, 0.1) is 0 Å². The Morgan fingerprint density at radius 2 is 2.33 bits per heavy atom. The van der Waals surface area contributed by atoms with Crippen LogP contribution in [0.3, 0.4) is 0 Å². The Kier molecular flexibility index (Phi) is 2.58. The van der Waals surface area contributed by atoms with Crippen molar-refractivity contribution in [1.29, 1.82) is 0 Å². The first-order valence-corrected chi connectivity index (χ1v) is 5.73. The maximum atomic E-state index is 4.86. The molecule has 1 aromatic rings. The van der Waals surface area contributed by atoms with Crippen molar-refractivity contribution in [2.75, 3.05) is 0 Å². The summed E-state index contributed by atoms with van der Waals surface area (Å²) in [5.74, 6) is -0.840. The third-order valence-corrected chi connectivity index (χ3v) is 2.60. The number of hydrogen-bond acceptors (Lipinski definition) is 3. The molecular formula is C5H4NPS2. The summed E-state index contributed by atoms with van der Waals surface area (Å²) in [6.45, 7) is 0. The lowest BCUT2D eigenvalue weighted by Gasteiger charge is -1.88. The first kappa shape index (κ1) is 7.13. The van der Waals surface area contributed by atoms with E-state index in [2.05, 4.69) is 4.98 Å². The molecule has 0 amide bonds. The smallest absolute Gasteiger partial charge is 0.228 e. The second kappa shape index (κ2) is 3.25. The van der Waals surface area contributed by atoms with Crippen LogP contribution in [-0.4, -0.2) is 4.98 Å². The van der Waals surface area contributed by atoms with E-state index in [1.165, 1.54) is 0 Å². The number of rotatable bonds is 1. The fourth-order valence-corrected chi connectivity index (χ4v) is 1.48. The molecule has 1 nitrogen and oxygen atoms in total. The Morgan fingerprint density at radius 1 is 1.56 bits per heavy atom. The Bertz CT molecular complexity index is 211. The molecule has 0 bridgehead atoms. The molecule has 0 aliphatic carbocycles. The summed E-state index contributed by atoms with van der Waals surface area (Å²) in [6.07, 6.45) is 1.71. The van der Waals surface area contributed by atoms with Crippen molar-refractivity contribution in [3.8, 4) is 0 Å². The van der Waals surface area contributed by atoms with Gasteiger partial charge in [-0.3, -0.25) is 0 Å². The van der Waals surface area contributed by atoms with E-state index in [-0.39, 0.29) is 0 Å². The lowest BCUT2D eigenvalue weighted by molar-refractivity contribution is 1.39. The molecule has 1 unspecified atom stereocenters. The van der Waals surface area contributed by atoms with Crippen LogP contribution in [0.5, 0.6) is 0 Å². The average molecular weight is 173 g/mol. The van der Waals surface area contributed by atoms with Crippen molar-refractivity contribution >= 4 is 35.4 Å². The van der Waals surface area contributed by atoms with Gasteiger partial charge in [-0.1, -0.05) is 6.07 Å². The first-order chi connectivity index (χ1) is 4.30. The van der Waals surface area contributed by atoms with Gasteiger partial charge < -0.3 is 12.2 Å². The van der Waals surface area contributed by atoms with Gasteiger partial charge in [0.2, 0.25) is 5.44 Å². The fourth-order valence-electron chi connectivity index (χ4n) is 0.462. The minimum Gasteiger partial charge on any atom is -0.471 e. The van der Waals surface area contributed by atoms with Crippen LogP contribution in [0.2, 0.25) is 0 Å². The van der Waals surface area contributed by atoms with Crippen LogP contribution in [0.1, 0.15) is 0 Å². The molecule has 0 saturated carbocycles. The molecule has 0 radical (unpaired) electrons. The van der Waals surface area contributed by atoms with Crippen molar-refractivity contribution in [3.05, 3.63) is 24.4 Å². The summed E-state index contributed by atoms with van der Waals surface area (Å²) >= 11 is 9.72. The van der Waals surface area contributed by atoms with Gasteiger partial charge in [-0.2, -0.15) is 0 Å². The van der Waals surface area contributed by atoms with Gasteiger partial charge in [-0.15, -0.1) is 0 Å². The number of hydrogen-bond donors (Lipinski definition) is 0. The van der Waals surface area contributed by atoms with E-state index in [1.807, 2.05) is 18.2 Å². The van der Waals surface area contributed by atoms with Crippen molar-refractivity contribution in [2.24, 2.45) is 0 Å². The summed E-state index contributed by atoms with van der Waals surface area (Å²) in [6, 6.07) is 5.62. The fraction of sp³-hybridized carbons (Fsp3) is 0. The zero-order valence-electron chi connectivity index (χ0n) is 4.52. The van der Waals surface area contributed by atoms with Crippen molar-refractivity contribution < 1.29 is 0 Å².